The molecule has 0 amide bonds. The predicted molar refractivity (Wildman–Crippen MR) is 92.9 cm³/mol. The number of nitrogens with one attached hydrogen (secondary N) is 1. The maximum absolute atomic E-state index is 11.3. The topological polar surface area (TPSA) is 38.3 Å². The van der Waals surface area contributed by atoms with Gasteiger partial charge < -0.3 is 10.1 Å². The average Bonchev–Trinajstić information content (AvgIpc) is 2.38. The Balaban J connectivity index is 2.51. The highest BCUT2D eigenvalue weighted by Crippen LogP contribution is 2.34. The minimum atomic E-state index is -0.743. The quantitative estimate of drug-likeness (QED) is 0.641. The van der Waals surface area contributed by atoms with Gasteiger partial charge >= 0.3 is 0 Å². The maximum Gasteiger partial charge on any atom is 0.147 e. The molecule has 0 saturated heterocycles. The van der Waals surface area contributed by atoms with E-state index in [-0.39, 0.29) is 5.25 Å². The van der Waals surface area contributed by atoms with Gasteiger partial charge in [0.1, 0.15) is 5.75 Å². The summed E-state index contributed by atoms with van der Waals surface area (Å²) in [5, 5.41) is 3.61. The zero-order valence-corrected chi connectivity index (χ0v) is 16.0. The summed E-state index contributed by atoms with van der Waals surface area (Å²) in [4.78, 5) is 0. The van der Waals surface area contributed by atoms with Gasteiger partial charge in [0.05, 0.1) is 15.6 Å². The number of rotatable bonds is 8. The summed E-state index contributed by atoms with van der Waals surface area (Å²) in [6.07, 6.45) is 2.67. The number of ether oxygens (including phenoxy) is 1. The van der Waals surface area contributed by atoms with Gasteiger partial charge in [0.15, 0.2) is 0 Å². The van der Waals surface area contributed by atoms with Crippen molar-refractivity contribution in [2.24, 2.45) is 0 Å². The first-order chi connectivity index (χ1) is 9.45. The molecule has 0 aliphatic heterocycles. The lowest BCUT2D eigenvalue weighted by Crippen LogP contribution is -2.21. The Hall–Kier alpha value is 0.0900. The maximum atomic E-state index is 11.3. The lowest BCUT2D eigenvalue weighted by Gasteiger charge is -2.12. The largest absolute Gasteiger partial charge is 0.492 e. The summed E-state index contributed by atoms with van der Waals surface area (Å²) in [5.74, 6) is 0.839. The molecule has 1 rings (SSSR count). The van der Waals surface area contributed by atoms with E-state index in [0.717, 1.165) is 34.2 Å². The van der Waals surface area contributed by atoms with E-state index in [1.165, 1.54) is 5.56 Å². The van der Waals surface area contributed by atoms with Gasteiger partial charge in [-0.05, 0) is 69.4 Å². The van der Waals surface area contributed by atoms with Crippen LogP contribution in [0.1, 0.15) is 25.8 Å². The van der Waals surface area contributed by atoms with Gasteiger partial charge in [-0.1, -0.05) is 6.92 Å². The monoisotopic (exact) mass is 425 g/mol. The van der Waals surface area contributed by atoms with Crippen LogP contribution in [0, 0.1) is 0 Å². The molecule has 2 atom stereocenters. The van der Waals surface area contributed by atoms with E-state index in [2.05, 4.69) is 49.3 Å². The molecule has 0 aromatic heterocycles. The molecule has 1 aromatic rings. The fourth-order valence-electron chi connectivity index (χ4n) is 1.70. The first-order valence-electron chi connectivity index (χ1n) is 6.59. The van der Waals surface area contributed by atoms with Crippen molar-refractivity contribution in [3.8, 4) is 5.75 Å². The van der Waals surface area contributed by atoms with E-state index in [1.807, 2.05) is 13.8 Å². The Labute approximate surface area is 140 Å². The van der Waals surface area contributed by atoms with E-state index >= 15 is 0 Å². The van der Waals surface area contributed by atoms with Crippen LogP contribution in [0.3, 0.4) is 0 Å². The molecule has 0 bridgehead atoms. The highest BCUT2D eigenvalue weighted by molar-refractivity contribution is 9.11. The predicted octanol–water partition coefficient (Wildman–Crippen LogP) is 3.86. The van der Waals surface area contributed by atoms with Crippen LogP contribution in [0.15, 0.2) is 21.1 Å². The Bertz CT molecular complexity index is 445. The molecule has 0 heterocycles. The minimum absolute atomic E-state index is 0.237. The summed E-state index contributed by atoms with van der Waals surface area (Å²) in [7, 11) is -0.743. The highest BCUT2D eigenvalue weighted by atomic mass is 79.9. The molecule has 0 fully saturated rings. The SMILES string of the molecule is CCOc1c(Br)cc(CNCCC(C)S(C)=O)cc1Br. The van der Waals surface area contributed by atoms with Crippen LogP contribution < -0.4 is 10.1 Å². The molecule has 0 spiro atoms. The molecule has 3 nitrogen and oxygen atoms in total. The van der Waals surface area contributed by atoms with Crippen molar-refractivity contribution in [2.45, 2.75) is 32.1 Å². The fraction of sp³-hybridized carbons (Fsp3) is 0.571. The molecular formula is C14H21Br2NO2S. The molecule has 2 unspecified atom stereocenters. The molecular weight excluding hydrogens is 406 g/mol. The third kappa shape index (κ3) is 5.84. The van der Waals surface area contributed by atoms with Crippen LogP contribution in [0.2, 0.25) is 0 Å². The van der Waals surface area contributed by atoms with Crippen LogP contribution in [-0.2, 0) is 17.3 Å². The van der Waals surface area contributed by atoms with Crippen molar-refractivity contribution >= 4 is 42.7 Å². The average molecular weight is 427 g/mol. The van der Waals surface area contributed by atoms with Crippen LogP contribution in [0.4, 0.5) is 0 Å². The third-order valence-electron chi connectivity index (χ3n) is 2.97. The Kier molecular flexibility index (Phi) is 8.32. The third-order valence-corrected chi connectivity index (χ3v) is 5.52. The summed E-state index contributed by atoms with van der Waals surface area (Å²) in [6.45, 7) is 6.27. The van der Waals surface area contributed by atoms with E-state index < -0.39 is 10.8 Å². The molecule has 0 aliphatic rings. The van der Waals surface area contributed by atoms with Crippen LogP contribution in [-0.4, -0.2) is 28.9 Å². The van der Waals surface area contributed by atoms with Gasteiger partial charge in [-0.2, -0.15) is 0 Å². The molecule has 20 heavy (non-hydrogen) atoms. The number of benzene rings is 1. The van der Waals surface area contributed by atoms with Gasteiger partial charge in [0.2, 0.25) is 0 Å². The van der Waals surface area contributed by atoms with E-state index in [1.54, 1.807) is 6.26 Å². The normalized spacial score (nSPS) is 14.1. The van der Waals surface area contributed by atoms with Crippen LogP contribution in [0.5, 0.6) is 5.75 Å². The smallest absolute Gasteiger partial charge is 0.147 e. The zero-order valence-electron chi connectivity index (χ0n) is 12.0. The molecule has 0 aliphatic carbocycles. The van der Waals surface area contributed by atoms with Gasteiger partial charge in [-0.15, -0.1) is 0 Å². The molecule has 0 radical (unpaired) electrons. The number of halogens is 2. The fourth-order valence-corrected chi connectivity index (χ4v) is 3.66. The molecule has 1 N–H and O–H groups in total. The van der Waals surface area contributed by atoms with Gasteiger partial charge in [0, 0.05) is 28.9 Å². The van der Waals surface area contributed by atoms with E-state index in [9.17, 15) is 4.21 Å². The number of hydrogen-bond donors (Lipinski definition) is 1. The highest BCUT2D eigenvalue weighted by Gasteiger charge is 2.09. The van der Waals surface area contributed by atoms with Crippen molar-refractivity contribution in [1.29, 1.82) is 0 Å². The Morgan fingerprint density at radius 1 is 1.35 bits per heavy atom. The standard InChI is InChI=1S/C14H21Br2NO2S/c1-4-19-14-12(15)7-11(8-13(14)16)9-17-6-5-10(2)20(3)18/h7-8,10,17H,4-6,9H2,1-3H3. The van der Waals surface area contributed by atoms with E-state index in [0.29, 0.717) is 6.61 Å². The second-order valence-electron chi connectivity index (χ2n) is 4.60. The van der Waals surface area contributed by atoms with Crippen LogP contribution >= 0.6 is 31.9 Å². The summed E-state index contributed by atoms with van der Waals surface area (Å²) in [5.41, 5.74) is 1.18. The lowest BCUT2D eigenvalue weighted by atomic mass is 10.2. The number of hydrogen-bond acceptors (Lipinski definition) is 3. The van der Waals surface area contributed by atoms with Gasteiger partial charge in [0.25, 0.3) is 0 Å². The summed E-state index contributed by atoms with van der Waals surface area (Å²) >= 11 is 7.05. The van der Waals surface area contributed by atoms with Crippen LogP contribution in [0.25, 0.3) is 0 Å². The zero-order chi connectivity index (χ0) is 15.1. The molecule has 6 heteroatoms. The van der Waals surface area contributed by atoms with Crippen molar-refractivity contribution in [3.05, 3.63) is 26.6 Å². The lowest BCUT2D eigenvalue weighted by molar-refractivity contribution is 0.336. The van der Waals surface area contributed by atoms with Crippen molar-refractivity contribution < 1.29 is 8.95 Å². The van der Waals surface area contributed by atoms with Crippen molar-refractivity contribution in [3.63, 3.8) is 0 Å². The second kappa shape index (κ2) is 9.18. The molecule has 114 valence electrons. The van der Waals surface area contributed by atoms with Gasteiger partial charge in [-0.25, -0.2) is 0 Å². The Morgan fingerprint density at radius 2 is 1.95 bits per heavy atom. The first kappa shape index (κ1) is 18.1. The summed E-state index contributed by atoms with van der Waals surface area (Å²) < 4.78 is 18.7. The van der Waals surface area contributed by atoms with Crippen molar-refractivity contribution in [1.82, 2.24) is 5.32 Å². The van der Waals surface area contributed by atoms with Crippen molar-refractivity contribution in [2.75, 3.05) is 19.4 Å². The first-order valence-corrected chi connectivity index (χ1v) is 9.80. The Morgan fingerprint density at radius 3 is 2.45 bits per heavy atom. The van der Waals surface area contributed by atoms with Gasteiger partial charge in [-0.3, -0.25) is 4.21 Å². The summed E-state index contributed by atoms with van der Waals surface area (Å²) in [6, 6.07) is 4.12. The minimum Gasteiger partial charge on any atom is -0.492 e. The van der Waals surface area contributed by atoms with E-state index in [4.69, 9.17) is 4.74 Å². The molecule has 1 aromatic carbocycles. The second-order valence-corrected chi connectivity index (χ2v) is 8.11. The molecule has 0 saturated carbocycles.